The molecule has 3 aromatic rings. The van der Waals surface area contributed by atoms with E-state index in [0.717, 1.165) is 24.4 Å². The lowest BCUT2D eigenvalue weighted by atomic mass is 9.98. The Balaban J connectivity index is 1.52. The van der Waals surface area contributed by atoms with E-state index in [1.807, 2.05) is 42.5 Å². The Hall–Kier alpha value is -2.15. The van der Waals surface area contributed by atoms with Crippen LogP contribution in [0.2, 0.25) is 0 Å². The lowest BCUT2D eigenvalue weighted by molar-refractivity contribution is -0.919. The standard InChI is InChI=1S/C21H22N2O2S2/c1-2-25-17-7-4-3-6-16(17)22-20(24)14-23-11-9-18-15(10-13-27-18)21(23)19-8-5-12-26-19/h3-8,10,12-13,21H,2,9,11,14H2,1H3,(H,22,24)/p+1/t21-/m0/s1. The zero-order chi connectivity index (χ0) is 18.6. The highest BCUT2D eigenvalue weighted by Gasteiger charge is 2.35. The number of hydrogen-bond acceptors (Lipinski definition) is 4. The molecule has 3 heterocycles. The van der Waals surface area contributed by atoms with Crippen LogP contribution in [0.3, 0.4) is 0 Å². The van der Waals surface area contributed by atoms with Crippen LogP contribution in [0.1, 0.15) is 28.3 Å². The third kappa shape index (κ3) is 3.93. The average Bonchev–Trinajstić information content (AvgIpc) is 3.35. The fraction of sp³-hybridized carbons (Fsp3) is 0.286. The molecule has 0 spiro atoms. The van der Waals surface area contributed by atoms with Gasteiger partial charge in [0.2, 0.25) is 0 Å². The highest BCUT2D eigenvalue weighted by atomic mass is 32.1. The van der Waals surface area contributed by atoms with Gasteiger partial charge >= 0.3 is 0 Å². The van der Waals surface area contributed by atoms with Crippen LogP contribution in [0.25, 0.3) is 0 Å². The predicted octanol–water partition coefficient (Wildman–Crippen LogP) is 3.38. The smallest absolute Gasteiger partial charge is 0.279 e. The summed E-state index contributed by atoms with van der Waals surface area (Å²) in [5.41, 5.74) is 2.12. The third-order valence-electron chi connectivity index (χ3n) is 4.85. The summed E-state index contributed by atoms with van der Waals surface area (Å²) in [6, 6.07) is 14.4. The van der Waals surface area contributed by atoms with Gasteiger partial charge in [-0.15, -0.1) is 22.7 Å². The van der Waals surface area contributed by atoms with Crippen molar-refractivity contribution in [3.63, 3.8) is 0 Å². The van der Waals surface area contributed by atoms with Crippen molar-refractivity contribution in [3.8, 4) is 5.75 Å². The van der Waals surface area contributed by atoms with E-state index < -0.39 is 0 Å². The van der Waals surface area contributed by atoms with Gasteiger partial charge in [0.15, 0.2) is 6.54 Å². The van der Waals surface area contributed by atoms with Gasteiger partial charge < -0.3 is 15.0 Å². The topological polar surface area (TPSA) is 42.8 Å². The van der Waals surface area contributed by atoms with Crippen molar-refractivity contribution in [2.45, 2.75) is 19.4 Å². The van der Waals surface area contributed by atoms with Crippen LogP contribution in [-0.4, -0.2) is 25.6 Å². The first-order valence-electron chi connectivity index (χ1n) is 9.22. The molecular weight excluding hydrogens is 376 g/mol. The van der Waals surface area contributed by atoms with Gasteiger partial charge in [-0.25, -0.2) is 0 Å². The average molecular weight is 400 g/mol. The quantitative estimate of drug-likeness (QED) is 0.667. The molecule has 0 bridgehead atoms. The Morgan fingerprint density at radius 1 is 1.19 bits per heavy atom. The molecule has 0 aliphatic carbocycles. The molecular formula is C21H23N2O2S2+. The SMILES string of the molecule is CCOc1ccccc1NC(=O)C[NH+]1CCc2sccc2[C@H]1c1cccs1. The summed E-state index contributed by atoms with van der Waals surface area (Å²) in [5.74, 6) is 0.745. The van der Waals surface area contributed by atoms with E-state index in [4.69, 9.17) is 4.74 Å². The first-order chi connectivity index (χ1) is 13.3. The van der Waals surface area contributed by atoms with E-state index in [1.165, 1.54) is 20.2 Å². The Morgan fingerprint density at radius 3 is 2.89 bits per heavy atom. The second-order valence-corrected chi connectivity index (χ2v) is 8.54. The largest absolute Gasteiger partial charge is 0.492 e. The van der Waals surface area contributed by atoms with Crippen LogP contribution in [0.4, 0.5) is 5.69 Å². The van der Waals surface area contributed by atoms with Gasteiger partial charge in [0.25, 0.3) is 5.91 Å². The van der Waals surface area contributed by atoms with Crippen LogP contribution in [-0.2, 0) is 11.2 Å². The maximum absolute atomic E-state index is 12.8. The van der Waals surface area contributed by atoms with Gasteiger partial charge in [0, 0.05) is 16.9 Å². The van der Waals surface area contributed by atoms with Crippen molar-refractivity contribution >= 4 is 34.3 Å². The Bertz CT molecular complexity index is 905. The number of carbonyl (C=O) groups is 1. The summed E-state index contributed by atoms with van der Waals surface area (Å²) in [6.45, 7) is 3.93. The van der Waals surface area contributed by atoms with E-state index in [1.54, 1.807) is 11.3 Å². The summed E-state index contributed by atoms with van der Waals surface area (Å²) in [6.07, 6.45) is 1.03. The van der Waals surface area contributed by atoms with E-state index in [9.17, 15) is 4.79 Å². The highest BCUT2D eigenvalue weighted by Crippen LogP contribution is 2.31. The van der Waals surface area contributed by atoms with Gasteiger partial charge in [0.1, 0.15) is 11.8 Å². The molecule has 4 rings (SSSR count). The second-order valence-electron chi connectivity index (χ2n) is 6.56. The molecule has 0 saturated heterocycles. The van der Waals surface area contributed by atoms with Gasteiger partial charge in [-0.3, -0.25) is 4.79 Å². The van der Waals surface area contributed by atoms with Crippen LogP contribution < -0.4 is 15.0 Å². The molecule has 1 aromatic carbocycles. The monoisotopic (exact) mass is 399 g/mol. The number of rotatable bonds is 6. The minimum absolute atomic E-state index is 0.0254. The molecule has 2 atom stereocenters. The van der Waals surface area contributed by atoms with Gasteiger partial charge in [-0.1, -0.05) is 18.2 Å². The number of anilines is 1. The number of nitrogens with one attached hydrogen (secondary N) is 2. The van der Waals surface area contributed by atoms with Crippen LogP contribution in [0.5, 0.6) is 5.75 Å². The molecule has 140 valence electrons. The molecule has 0 fully saturated rings. The number of para-hydroxylation sites is 2. The number of benzene rings is 1. The maximum atomic E-state index is 12.8. The molecule has 0 saturated carbocycles. The zero-order valence-corrected chi connectivity index (χ0v) is 16.9. The number of carbonyl (C=O) groups excluding carboxylic acids is 1. The predicted molar refractivity (Wildman–Crippen MR) is 111 cm³/mol. The van der Waals surface area contributed by atoms with Gasteiger partial charge in [-0.2, -0.15) is 0 Å². The molecule has 1 amide bonds. The molecule has 0 radical (unpaired) electrons. The van der Waals surface area contributed by atoms with Crippen molar-refractivity contribution in [2.75, 3.05) is 25.0 Å². The van der Waals surface area contributed by atoms with E-state index in [0.29, 0.717) is 13.2 Å². The summed E-state index contributed by atoms with van der Waals surface area (Å²) in [5, 5.41) is 7.34. The molecule has 1 aliphatic heterocycles. The van der Waals surface area contributed by atoms with Crippen molar-refractivity contribution in [1.29, 1.82) is 0 Å². The van der Waals surface area contributed by atoms with E-state index in [2.05, 4.69) is 34.3 Å². The Morgan fingerprint density at radius 2 is 2.07 bits per heavy atom. The first kappa shape index (κ1) is 18.2. The molecule has 1 unspecified atom stereocenters. The van der Waals surface area contributed by atoms with Crippen molar-refractivity contribution < 1.29 is 14.4 Å². The first-order valence-corrected chi connectivity index (χ1v) is 11.0. The van der Waals surface area contributed by atoms with Gasteiger partial charge in [-0.05, 0) is 41.9 Å². The lowest BCUT2D eigenvalue weighted by Crippen LogP contribution is -3.14. The molecule has 2 N–H and O–H groups in total. The third-order valence-corrected chi connectivity index (χ3v) is 6.78. The number of ether oxygens (including phenoxy) is 1. The van der Waals surface area contributed by atoms with E-state index >= 15 is 0 Å². The number of hydrogen-bond donors (Lipinski definition) is 2. The lowest BCUT2D eigenvalue weighted by Gasteiger charge is -2.31. The number of thiophene rings is 2. The van der Waals surface area contributed by atoms with Gasteiger partial charge in [0.05, 0.1) is 23.7 Å². The van der Waals surface area contributed by atoms with Crippen molar-refractivity contribution in [3.05, 3.63) is 68.5 Å². The minimum atomic E-state index is 0.0254. The second kappa shape index (κ2) is 8.25. The number of amides is 1. The number of quaternary nitrogens is 1. The number of fused-ring (bicyclic) bond motifs is 1. The molecule has 1 aliphatic rings. The minimum Gasteiger partial charge on any atom is -0.492 e. The molecule has 6 heteroatoms. The normalized spacial score (nSPS) is 18.7. The molecule has 2 aromatic heterocycles. The highest BCUT2D eigenvalue weighted by molar-refractivity contribution is 7.10. The zero-order valence-electron chi connectivity index (χ0n) is 15.2. The van der Waals surface area contributed by atoms with Crippen molar-refractivity contribution in [2.24, 2.45) is 0 Å². The fourth-order valence-corrected chi connectivity index (χ4v) is 5.52. The Labute approximate surface area is 167 Å². The maximum Gasteiger partial charge on any atom is 0.279 e. The fourth-order valence-electron chi connectivity index (χ4n) is 3.70. The van der Waals surface area contributed by atoms with E-state index in [-0.39, 0.29) is 11.9 Å². The van der Waals surface area contributed by atoms with Crippen LogP contribution in [0, 0.1) is 0 Å². The Kier molecular flexibility index (Phi) is 5.57. The van der Waals surface area contributed by atoms with Crippen molar-refractivity contribution in [1.82, 2.24) is 0 Å². The summed E-state index contributed by atoms with van der Waals surface area (Å²) < 4.78 is 5.63. The summed E-state index contributed by atoms with van der Waals surface area (Å²) >= 11 is 3.60. The summed E-state index contributed by atoms with van der Waals surface area (Å²) in [4.78, 5) is 16.9. The summed E-state index contributed by atoms with van der Waals surface area (Å²) in [7, 11) is 0. The molecule has 4 nitrogen and oxygen atoms in total. The van der Waals surface area contributed by atoms with Crippen LogP contribution in [0.15, 0.2) is 53.2 Å². The van der Waals surface area contributed by atoms with Crippen LogP contribution >= 0.6 is 22.7 Å². The molecule has 27 heavy (non-hydrogen) atoms.